The van der Waals surface area contributed by atoms with Crippen LogP contribution in [-0.2, 0) is 9.47 Å². The molecule has 3 fully saturated rings. The van der Waals surface area contributed by atoms with E-state index in [1.165, 1.54) is 11.8 Å². The molecule has 0 unspecified atom stereocenters. The third kappa shape index (κ3) is 6.37. The van der Waals surface area contributed by atoms with Crippen LogP contribution in [0.1, 0.15) is 19.8 Å². The minimum absolute atomic E-state index is 0. The standard InChI is InChI=1S/C27H34ClN9O3S.ClH/c1-17-24(29)27(16-40-17)4-8-36(9-5-27)21-12-33-22(13-32-21)41-19-2-6-30-25(23(19)28)34-20-3-7-31-26(35-20)37-10-11-39-15-18(37)14-38;/h2-3,6-7,12-13,17-18,24,38H,4-5,8-11,14-16,29H2,1H3,(H,30,31,34,35);1H/t17-,18+,24+;/m0./s1. The van der Waals surface area contributed by atoms with Gasteiger partial charge in [-0.2, -0.15) is 4.98 Å². The molecule has 4 N–H and O–H groups in total. The van der Waals surface area contributed by atoms with E-state index in [2.05, 4.69) is 37.1 Å². The Labute approximate surface area is 260 Å². The summed E-state index contributed by atoms with van der Waals surface area (Å²) in [5.41, 5.74) is 6.53. The summed E-state index contributed by atoms with van der Waals surface area (Å²) in [6.07, 6.45) is 9.03. The molecule has 1 spiro atoms. The van der Waals surface area contributed by atoms with E-state index in [0.29, 0.717) is 42.4 Å². The summed E-state index contributed by atoms with van der Waals surface area (Å²) in [7, 11) is 0. The molecule has 0 amide bonds. The Morgan fingerprint density at radius 1 is 1.14 bits per heavy atom. The summed E-state index contributed by atoms with van der Waals surface area (Å²) in [4.78, 5) is 27.8. The Kier molecular flexibility index (Phi) is 9.88. The molecule has 3 aliphatic rings. The summed E-state index contributed by atoms with van der Waals surface area (Å²) in [6.45, 7) is 6.10. The number of aromatic nitrogens is 5. The van der Waals surface area contributed by atoms with Crippen molar-refractivity contribution in [1.29, 1.82) is 0 Å². The molecule has 3 aliphatic heterocycles. The van der Waals surface area contributed by atoms with Gasteiger partial charge in [0.1, 0.15) is 16.7 Å². The molecule has 3 atom stereocenters. The number of ether oxygens (including phenoxy) is 2. The first-order valence-electron chi connectivity index (χ1n) is 13.8. The van der Waals surface area contributed by atoms with Crippen LogP contribution in [0.3, 0.4) is 0 Å². The van der Waals surface area contributed by atoms with Crippen LogP contribution in [0.4, 0.5) is 23.4 Å². The maximum Gasteiger partial charge on any atom is 0.227 e. The van der Waals surface area contributed by atoms with Crippen molar-refractivity contribution in [3.63, 3.8) is 0 Å². The molecule has 0 saturated carbocycles. The van der Waals surface area contributed by atoms with Crippen LogP contribution in [0, 0.1) is 5.41 Å². The van der Waals surface area contributed by atoms with Crippen molar-refractivity contribution in [2.24, 2.45) is 11.1 Å². The van der Waals surface area contributed by atoms with Crippen LogP contribution >= 0.6 is 35.8 Å². The Bertz CT molecular complexity index is 1350. The van der Waals surface area contributed by atoms with Gasteiger partial charge in [-0.3, -0.25) is 0 Å². The first kappa shape index (κ1) is 30.9. The van der Waals surface area contributed by atoms with Crippen molar-refractivity contribution < 1.29 is 14.6 Å². The van der Waals surface area contributed by atoms with Crippen LogP contribution in [0.25, 0.3) is 0 Å². The SMILES string of the molecule is C[C@@H]1OCC2(CCN(c3cnc(Sc4ccnc(Nc5ccnc(N6CCOC[C@H]6CO)n5)c4Cl)cn3)CC2)[C@@H]1N.Cl. The van der Waals surface area contributed by atoms with Crippen molar-refractivity contribution in [2.75, 3.05) is 61.2 Å². The minimum Gasteiger partial charge on any atom is -0.394 e. The first-order chi connectivity index (χ1) is 20.0. The third-order valence-electron chi connectivity index (χ3n) is 8.20. The van der Waals surface area contributed by atoms with Crippen LogP contribution in [-0.4, -0.2) is 94.3 Å². The van der Waals surface area contributed by atoms with Crippen LogP contribution in [0.5, 0.6) is 0 Å². The van der Waals surface area contributed by atoms with Gasteiger partial charge in [-0.1, -0.05) is 23.4 Å². The smallest absolute Gasteiger partial charge is 0.227 e. The maximum absolute atomic E-state index is 9.71. The molecule has 3 saturated heterocycles. The Morgan fingerprint density at radius 3 is 2.67 bits per heavy atom. The number of rotatable bonds is 7. The second-order valence-corrected chi connectivity index (χ2v) is 12.1. The highest BCUT2D eigenvalue weighted by molar-refractivity contribution is 7.99. The van der Waals surface area contributed by atoms with Crippen molar-refractivity contribution in [1.82, 2.24) is 24.9 Å². The lowest BCUT2D eigenvalue weighted by Gasteiger charge is -2.41. The van der Waals surface area contributed by atoms with Crippen LogP contribution < -0.4 is 20.9 Å². The van der Waals surface area contributed by atoms with E-state index in [1.54, 1.807) is 24.7 Å². The molecule has 0 bridgehead atoms. The van der Waals surface area contributed by atoms with Gasteiger partial charge in [0.2, 0.25) is 5.95 Å². The maximum atomic E-state index is 9.71. The number of hydrogen-bond donors (Lipinski definition) is 3. The lowest BCUT2D eigenvalue weighted by molar-refractivity contribution is 0.0718. The largest absolute Gasteiger partial charge is 0.394 e. The molecular formula is C27H35Cl2N9O3S. The van der Waals surface area contributed by atoms with E-state index < -0.39 is 0 Å². The number of aliphatic hydroxyl groups is 1. The summed E-state index contributed by atoms with van der Waals surface area (Å²) in [5, 5.41) is 14.1. The first-order valence-corrected chi connectivity index (χ1v) is 15.0. The van der Waals surface area contributed by atoms with Gasteiger partial charge in [-0.15, -0.1) is 12.4 Å². The van der Waals surface area contributed by atoms with Crippen molar-refractivity contribution in [3.8, 4) is 0 Å². The lowest BCUT2D eigenvalue weighted by atomic mass is 9.73. The average Bonchev–Trinajstić information content (AvgIpc) is 3.28. The van der Waals surface area contributed by atoms with Gasteiger partial charge in [-0.05, 0) is 31.9 Å². The number of halogens is 2. The number of anilines is 4. The average molecular weight is 637 g/mol. The number of aliphatic hydroxyl groups excluding tert-OH is 1. The van der Waals surface area contributed by atoms with E-state index >= 15 is 0 Å². The third-order valence-corrected chi connectivity index (χ3v) is 9.67. The monoisotopic (exact) mass is 635 g/mol. The summed E-state index contributed by atoms with van der Waals surface area (Å²) >= 11 is 8.17. The molecule has 6 rings (SSSR count). The van der Waals surface area contributed by atoms with Gasteiger partial charge in [0.15, 0.2) is 5.82 Å². The second-order valence-electron chi connectivity index (χ2n) is 10.6. The number of morpholine rings is 1. The van der Waals surface area contributed by atoms with Gasteiger partial charge in [0.05, 0.1) is 56.0 Å². The fourth-order valence-electron chi connectivity index (χ4n) is 5.63. The van der Waals surface area contributed by atoms with Gasteiger partial charge >= 0.3 is 0 Å². The van der Waals surface area contributed by atoms with E-state index in [4.69, 9.17) is 31.8 Å². The fourth-order valence-corrected chi connectivity index (χ4v) is 6.66. The van der Waals surface area contributed by atoms with Crippen molar-refractivity contribution in [2.45, 2.75) is 47.9 Å². The van der Waals surface area contributed by atoms with Gasteiger partial charge < -0.3 is 35.4 Å². The second kappa shape index (κ2) is 13.4. The lowest BCUT2D eigenvalue weighted by Crippen LogP contribution is -2.50. The number of pyridine rings is 1. The predicted octanol–water partition coefficient (Wildman–Crippen LogP) is 3.16. The number of nitrogens with zero attached hydrogens (tertiary/aromatic N) is 7. The van der Waals surface area contributed by atoms with Gasteiger partial charge in [0, 0.05) is 48.4 Å². The van der Waals surface area contributed by atoms with Crippen LogP contribution in [0.15, 0.2) is 46.8 Å². The zero-order valence-corrected chi connectivity index (χ0v) is 25.6. The number of hydrogen-bond acceptors (Lipinski definition) is 13. The highest BCUT2D eigenvalue weighted by Gasteiger charge is 2.47. The summed E-state index contributed by atoms with van der Waals surface area (Å²) in [6, 6.07) is 3.48. The van der Waals surface area contributed by atoms with Crippen molar-refractivity contribution in [3.05, 3.63) is 41.9 Å². The molecule has 0 aliphatic carbocycles. The van der Waals surface area contributed by atoms with Gasteiger partial charge in [0.25, 0.3) is 0 Å². The molecule has 6 heterocycles. The molecule has 0 radical (unpaired) electrons. The molecule has 3 aromatic rings. The molecule has 42 heavy (non-hydrogen) atoms. The Balaban J connectivity index is 0.00000353. The number of nitrogens with two attached hydrogens (primary N) is 1. The minimum atomic E-state index is -0.191. The molecule has 226 valence electrons. The quantitative estimate of drug-likeness (QED) is 0.349. The highest BCUT2D eigenvalue weighted by Crippen LogP contribution is 2.42. The van der Waals surface area contributed by atoms with E-state index in [1.807, 2.05) is 17.2 Å². The van der Waals surface area contributed by atoms with E-state index in [9.17, 15) is 5.11 Å². The molecule has 12 nitrogen and oxygen atoms in total. The highest BCUT2D eigenvalue weighted by atomic mass is 35.5. The van der Waals surface area contributed by atoms with E-state index in [-0.39, 0.29) is 42.6 Å². The molecule has 15 heteroatoms. The summed E-state index contributed by atoms with van der Waals surface area (Å²) < 4.78 is 11.3. The molecule has 3 aromatic heterocycles. The number of piperidine rings is 1. The topological polar surface area (TPSA) is 148 Å². The van der Waals surface area contributed by atoms with Gasteiger partial charge in [-0.25, -0.2) is 19.9 Å². The normalized spacial score (nSPS) is 23.6. The van der Waals surface area contributed by atoms with Crippen LogP contribution in [0.2, 0.25) is 5.02 Å². The zero-order chi connectivity index (χ0) is 28.4. The van der Waals surface area contributed by atoms with Crippen molar-refractivity contribution >= 4 is 59.2 Å². The Hall–Kier alpha value is -2.52. The van der Waals surface area contributed by atoms with E-state index in [0.717, 1.165) is 48.3 Å². The Morgan fingerprint density at radius 2 is 1.95 bits per heavy atom. The zero-order valence-electron chi connectivity index (χ0n) is 23.2. The summed E-state index contributed by atoms with van der Waals surface area (Å²) in [5.74, 6) is 2.38. The predicted molar refractivity (Wildman–Crippen MR) is 164 cm³/mol. The fraction of sp³-hybridized carbons (Fsp3) is 0.519. The number of nitrogens with one attached hydrogen (secondary N) is 1. The molecule has 0 aromatic carbocycles. The molecular weight excluding hydrogens is 601 g/mol.